The number of rotatable bonds is 7. The zero-order chi connectivity index (χ0) is 23.4. The van der Waals surface area contributed by atoms with E-state index < -0.39 is 0 Å². The van der Waals surface area contributed by atoms with Crippen LogP contribution in [-0.2, 0) is 12.8 Å². The number of thioether (sulfide) groups is 1. The first-order valence-electron chi connectivity index (χ1n) is 11.7. The molecule has 0 saturated carbocycles. The highest BCUT2D eigenvalue weighted by molar-refractivity contribution is 8.00. The van der Waals surface area contributed by atoms with E-state index in [-0.39, 0.29) is 11.5 Å². The number of ketones is 1. The fourth-order valence-electron chi connectivity index (χ4n) is 4.49. The standard InChI is InChI=1S/C29H30N2OS/c1-4-29(2,3)25-14-15-26-23(17-25)16-24(18-30)28(31-26)33-19-27(32)22-12-10-21(11-13-22)20-8-6-5-7-9-20/h5-13,16,25H,4,14-15,17,19H2,1-3H3. The Balaban J connectivity index is 1.45. The lowest BCUT2D eigenvalue weighted by atomic mass is 9.69. The summed E-state index contributed by atoms with van der Waals surface area (Å²) < 4.78 is 0. The topological polar surface area (TPSA) is 53.8 Å². The third-order valence-electron chi connectivity index (χ3n) is 7.14. The summed E-state index contributed by atoms with van der Waals surface area (Å²) in [5, 5.41) is 10.4. The Kier molecular flexibility index (Phi) is 7.00. The van der Waals surface area contributed by atoms with Gasteiger partial charge in [0.05, 0.1) is 11.3 Å². The molecule has 4 rings (SSSR count). The SMILES string of the molecule is CCC(C)(C)C1CCc2nc(SCC(=O)c3ccc(-c4ccccc4)cc3)c(C#N)cc2C1. The number of pyridine rings is 1. The number of Topliss-reactive ketones (excluding diaryl/α,β-unsaturated/α-hetero) is 1. The number of nitrogens with zero attached hydrogens (tertiary/aromatic N) is 2. The van der Waals surface area contributed by atoms with E-state index in [4.69, 9.17) is 4.98 Å². The van der Waals surface area contributed by atoms with Crippen LogP contribution in [0.15, 0.2) is 65.7 Å². The number of aromatic nitrogens is 1. The average Bonchev–Trinajstić information content (AvgIpc) is 2.86. The minimum absolute atomic E-state index is 0.0489. The Morgan fingerprint density at radius 3 is 2.48 bits per heavy atom. The monoisotopic (exact) mass is 454 g/mol. The normalized spacial score (nSPS) is 15.5. The van der Waals surface area contributed by atoms with Crippen LogP contribution in [-0.4, -0.2) is 16.5 Å². The largest absolute Gasteiger partial charge is 0.293 e. The fourth-order valence-corrected chi connectivity index (χ4v) is 5.36. The minimum Gasteiger partial charge on any atom is -0.293 e. The lowest BCUT2D eigenvalue weighted by molar-refractivity contribution is 0.102. The summed E-state index contributed by atoms with van der Waals surface area (Å²) in [6.07, 6.45) is 4.20. The van der Waals surface area contributed by atoms with Crippen molar-refractivity contribution in [2.75, 3.05) is 5.75 Å². The van der Waals surface area contributed by atoms with Crippen LogP contribution < -0.4 is 0 Å². The maximum absolute atomic E-state index is 12.8. The van der Waals surface area contributed by atoms with E-state index in [2.05, 4.69) is 39.0 Å². The van der Waals surface area contributed by atoms with Crippen LogP contribution in [0.2, 0.25) is 0 Å². The molecule has 3 aromatic rings. The summed E-state index contributed by atoms with van der Waals surface area (Å²) in [7, 11) is 0. The number of fused-ring (bicyclic) bond motifs is 1. The van der Waals surface area contributed by atoms with Gasteiger partial charge >= 0.3 is 0 Å². The maximum atomic E-state index is 12.8. The molecule has 3 nitrogen and oxygen atoms in total. The zero-order valence-electron chi connectivity index (χ0n) is 19.6. The third-order valence-corrected chi connectivity index (χ3v) is 8.13. The Morgan fingerprint density at radius 1 is 1.12 bits per heavy atom. The van der Waals surface area contributed by atoms with Crippen LogP contribution in [0.1, 0.15) is 60.8 Å². The first-order chi connectivity index (χ1) is 15.9. The van der Waals surface area contributed by atoms with Crippen LogP contribution >= 0.6 is 11.8 Å². The molecule has 1 atom stereocenters. The van der Waals surface area contributed by atoms with Gasteiger partial charge in [-0.1, -0.05) is 93.6 Å². The minimum atomic E-state index is 0.0489. The molecular formula is C29H30N2OS. The molecule has 0 radical (unpaired) electrons. The number of benzene rings is 2. The first kappa shape index (κ1) is 23.3. The smallest absolute Gasteiger partial charge is 0.173 e. The molecule has 1 aromatic heterocycles. The first-order valence-corrected chi connectivity index (χ1v) is 12.6. The second-order valence-corrected chi connectivity index (χ2v) is 10.5. The molecule has 0 spiro atoms. The Bertz CT molecular complexity index is 1180. The summed E-state index contributed by atoms with van der Waals surface area (Å²) in [6, 6.07) is 22.2. The molecule has 0 aliphatic heterocycles. The van der Waals surface area contributed by atoms with Crippen molar-refractivity contribution in [3.8, 4) is 17.2 Å². The van der Waals surface area contributed by atoms with Crippen molar-refractivity contribution in [3.05, 3.63) is 83.0 Å². The van der Waals surface area contributed by atoms with E-state index in [1.54, 1.807) is 0 Å². The molecular weight excluding hydrogens is 424 g/mol. The van der Waals surface area contributed by atoms with Crippen LogP contribution in [0, 0.1) is 22.7 Å². The van der Waals surface area contributed by atoms with Crippen molar-refractivity contribution >= 4 is 17.5 Å². The quantitative estimate of drug-likeness (QED) is 0.281. The van der Waals surface area contributed by atoms with Gasteiger partial charge in [0.1, 0.15) is 11.1 Å². The molecule has 1 unspecified atom stereocenters. The summed E-state index contributed by atoms with van der Waals surface area (Å²) in [5.74, 6) is 0.937. The van der Waals surface area contributed by atoms with Crippen LogP contribution in [0.3, 0.4) is 0 Å². The van der Waals surface area contributed by atoms with Gasteiger partial charge < -0.3 is 0 Å². The van der Waals surface area contributed by atoms with Crippen molar-refractivity contribution in [2.45, 2.75) is 51.5 Å². The Morgan fingerprint density at radius 2 is 1.82 bits per heavy atom. The highest BCUT2D eigenvalue weighted by Gasteiger charge is 2.32. The Labute approximate surface area is 201 Å². The second kappa shape index (κ2) is 9.93. The van der Waals surface area contributed by atoms with Crippen molar-refractivity contribution in [3.63, 3.8) is 0 Å². The van der Waals surface area contributed by atoms with E-state index in [1.165, 1.54) is 17.3 Å². The summed E-state index contributed by atoms with van der Waals surface area (Å²) in [5.41, 5.74) is 6.08. The number of nitriles is 1. The zero-order valence-corrected chi connectivity index (χ0v) is 20.4. The Hall–Kier alpha value is -2.90. The predicted molar refractivity (Wildman–Crippen MR) is 135 cm³/mol. The number of aryl methyl sites for hydroxylation is 1. The van der Waals surface area contributed by atoms with Gasteiger partial charge in [-0.2, -0.15) is 5.26 Å². The van der Waals surface area contributed by atoms with Crippen molar-refractivity contribution in [1.29, 1.82) is 5.26 Å². The van der Waals surface area contributed by atoms with Gasteiger partial charge in [0, 0.05) is 11.3 Å². The molecule has 4 heteroatoms. The summed E-state index contributed by atoms with van der Waals surface area (Å²) in [4.78, 5) is 17.6. The average molecular weight is 455 g/mol. The van der Waals surface area contributed by atoms with Crippen LogP contribution in [0.5, 0.6) is 0 Å². The molecule has 33 heavy (non-hydrogen) atoms. The lowest BCUT2D eigenvalue weighted by Crippen LogP contribution is -2.29. The van der Waals surface area contributed by atoms with Crippen molar-refractivity contribution in [2.24, 2.45) is 11.3 Å². The number of carbonyl (C=O) groups is 1. The molecule has 168 valence electrons. The van der Waals surface area contributed by atoms with E-state index in [9.17, 15) is 10.1 Å². The van der Waals surface area contributed by atoms with E-state index in [1.807, 2.05) is 48.5 Å². The third kappa shape index (κ3) is 5.20. The fraction of sp³-hybridized carbons (Fsp3) is 0.345. The summed E-state index contributed by atoms with van der Waals surface area (Å²) >= 11 is 1.38. The van der Waals surface area contributed by atoms with Gasteiger partial charge in [-0.25, -0.2) is 4.98 Å². The molecule has 0 saturated heterocycles. The summed E-state index contributed by atoms with van der Waals surface area (Å²) in [6.45, 7) is 6.92. The molecule has 1 aliphatic rings. The molecule has 1 heterocycles. The van der Waals surface area contributed by atoms with E-state index >= 15 is 0 Å². The maximum Gasteiger partial charge on any atom is 0.173 e. The highest BCUT2D eigenvalue weighted by atomic mass is 32.2. The highest BCUT2D eigenvalue weighted by Crippen LogP contribution is 2.40. The molecule has 0 amide bonds. The second-order valence-electron chi connectivity index (χ2n) is 9.50. The molecule has 0 bridgehead atoms. The molecule has 0 N–H and O–H groups in total. The van der Waals surface area contributed by atoms with Gasteiger partial charge in [-0.3, -0.25) is 4.79 Å². The number of hydrogen-bond donors (Lipinski definition) is 0. The van der Waals surface area contributed by atoms with Gasteiger partial charge in [-0.15, -0.1) is 0 Å². The van der Waals surface area contributed by atoms with Gasteiger partial charge in [0.2, 0.25) is 0 Å². The molecule has 0 fully saturated rings. The van der Waals surface area contributed by atoms with Crippen molar-refractivity contribution < 1.29 is 4.79 Å². The number of carbonyl (C=O) groups excluding carboxylic acids is 1. The lowest BCUT2D eigenvalue weighted by Gasteiger charge is -2.37. The van der Waals surface area contributed by atoms with Crippen LogP contribution in [0.25, 0.3) is 11.1 Å². The molecule has 1 aliphatic carbocycles. The van der Waals surface area contributed by atoms with Gasteiger partial charge in [0.25, 0.3) is 0 Å². The van der Waals surface area contributed by atoms with Gasteiger partial charge in [0.15, 0.2) is 5.78 Å². The van der Waals surface area contributed by atoms with E-state index in [0.29, 0.717) is 27.5 Å². The van der Waals surface area contributed by atoms with Crippen LogP contribution in [0.4, 0.5) is 0 Å². The molecule has 2 aromatic carbocycles. The van der Waals surface area contributed by atoms with Crippen molar-refractivity contribution in [1.82, 2.24) is 4.98 Å². The number of hydrogen-bond acceptors (Lipinski definition) is 4. The van der Waals surface area contributed by atoms with E-state index in [0.717, 1.165) is 42.5 Å². The predicted octanol–water partition coefficient (Wildman–Crippen LogP) is 7.14. The van der Waals surface area contributed by atoms with Gasteiger partial charge in [-0.05, 0) is 53.4 Å².